The van der Waals surface area contributed by atoms with E-state index in [1.165, 1.54) is 0 Å². The Labute approximate surface area is 138 Å². The number of anilines is 2. The highest BCUT2D eigenvalue weighted by Gasteiger charge is 2.13. The number of nitrogens with one attached hydrogen (secondary N) is 1. The molecule has 0 aliphatic carbocycles. The van der Waals surface area contributed by atoms with Crippen molar-refractivity contribution in [1.82, 2.24) is 4.90 Å². The fourth-order valence-corrected chi connectivity index (χ4v) is 2.33. The van der Waals surface area contributed by atoms with Crippen molar-refractivity contribution >= 4 is 17.3 Å². The van der Waals surface area contributed by atoms with Crippen LogP contribution < -0.4 is 5.32 Å². The highest BCUT2D eigenvalue weighted by atomic mass is 16.5. The molecule has 1 N–H and O–H groups in total. The fraction of sp³-hybridized carbons (Fsp3) is 0.316. The third-order valence-corrected chi connectivity index (χ3v) is 3.73. The first-order valence-electron chi connectivity index (χ1n) is 8.05. The summed E-state index contributed by atoms with van der Waals surface area (Å²) in [5.41, 5.74) is 2.25. The molecule has 0 amide bonds. The second kappa shape index (κ2) is 8.96. The zero-order valence-corrected chi connectivity index (χ0v) is 13.8. The van der Waals surface area contributed by atoms with Gasteiger partial charge in [-0.1, -0.05) is 44.2 Å². The topological polar surface area (TPSA) is 41.6 Å². The average Bonchev–Trinajstić information content (AvgIpc) is 2.60. The molecule has 23 heavy (non-hydrogen) atoms. The molecule has 0 radical (unpaired) electrons. The average molecular weight is 312 g/mol. The minimum absolute atomic E-state index is 0.295. The van der Waals surface area contributed by atoms with E-state index in [-0.39, 0.29) is 5.97 Å². The molecule has 2 aromatic carbocycles. The number of esters is 1. The maximum Gasteiger partial charge on any atom is 0.340 e. The summed E-state index contributed by atoms with van der Waals surface area (Å²) in [5, 5.41) is 3.26. The number of nitrogens with zero attached hydrogens (tertiary/aromatic N) is 1. The number of carbonyl (C=O) groups is 1. The van der Waals surface area contributed by atoms with E-state index in [9.17, 15) is 4.79 Å². The molecule has 4 nitrogen and oxygen atoms in total. The van der Waals surface area contributed by atoms with Crippen LogP contribution >= 0.6 is 0 Å². The van der Waals surface area contributed by atoms with Crippen molar-refractivity contribution in [3.63, 3.8) is 0 Å². The van der Waals surface area contributed by atoms with Crippen LogP contribution in [-0.4, -0.2) is 37.1 Å². The third-order valence-electron chi connectivity index (χ3n) is 3.73. The van der Waals surface area contributed by atoms with Crippen LogP contribution in [0.1, 0.15) is 24.2 Å². The summed E-state index contributed by atoms with van der Waals surface area (Å²) >= 11 is 0. The van der Waals surface area contributed by atoms with Gasteiger partial charge in [0.2, 0.25) is 0 Å². The normalized spacial score (nSPS) is 10.6. The predicted molar refractivity (Wildman–Crippen MR) is 94.2 cm³/mol. The fourth-order valence-electron chi connectivity index (χ4n) is 2.33. The second-order valence-corrected chi connectivity index (χ2v) is 5.20. The van der Waals surface area contributed by atoms with E-state index in [1.807, 2.05) is 48.5 Å². The van der Waals surface area contributed by atoms with Crippen LogP contribution in [0.15, 0.2) is 54.6 Å². The van der Waals surface area contributed by atoms with Crippen LogP contribution in [0.2, 0.25) is 0 Å². The maximum absolute atomic E-state index is 12.3. The van der Waals surface area contributed by atoms with Gasteiger partial charge in [0.15, 0.2) is 0 Å². The molecule has 0 aliphatic heterocycles. The lowest BCUT2D eigenvalue weighted by atomic mass is 10.1. The van der Waals surface area contributed by atoms with Gasteiger partial charge in [0.1, 0.15) is 6.61 Å². The molecular weight excluding hydrogens is 288 g/mol. The van der Waals surface area contributed by atoms with Crippen LogP contribution in [0.5, 0.6) is 0 Å². The van der Waals surface area contributed by atoms with Crippen LogP contribution in [0.25, 0.3) is 0 Å². The van der Waals surface area contributed by atoms with Gasteiger partial charge in [-0.25, -0.2) is 4.79 Å². The monoisotopic (exact) mass is 312 g/mol. The van der Waals surface area contributed by atoms with E-state index >= 15 is 0 Å². The lowest BCUT2D eigenvalue weighted by molar-refractivity contribution is 0.0467. The number of hydrogen-bond acceptors (Lipinski definition) is 4. The van der Waals surface area contributed by atoms with Crippen molar-refractivity contribution < 1.29 is 9.53 Å². The van der Waals surface area contributed by atoms with Crippen molar-refractivity contribution in [2.45, 2.75) is 13.8 Å². The van der Waals surface area contributed by atoms with Gasteiger partial charge in [0.25, 0.3) is 0 Å². The van der Waals surface area contributed by atoms with Crippen LogP contribution in [0.3, 0.4) is 0 Å². The Kier molecular flexibility index (Phi) is 6.63. The molecule has 2 rings (SSSR count). The quantitative estimate of drug-likeness (QED) is 0.750. The lowest BCUT2D eigenvalue weighted by Gasteiger charge is -2.18. The SMILES string of the molecule is CCN(CC)CCOC(=O)c1ccccc1Nc1ccccc1. The highest BCUT2D eigenvalue weighted by Crippen LogP contribution is 2.21. The van der Waals surface area contributed by atoms with Crippen molar-refractivity contribution in [2.75, 3.05) is 31.6 Å². The molecule has 2 aromatic rings. The Bertz CT molecular complexity index is 610. The van der Waals surface area contributed by atoms with Gasteiger partial charge >= 0.3 is 5.97 Å². The number of likely N-dealkylation sites (N-methyl/N-ethyl adjacent to an activating group) is 1. The predicted octanol–water partition coefficient (Wildman–Crippen LogP) is 3.93. The van der Waals surface area contributed by atoms with Crippen LogP contribution in [0, 0.1) is 0 Å². The molecule has 4 heteroatoms. The minimum atomic E-state index is -0.295. The molecule has 122 valence electrons. The largest absolute Gasteiger partial charge is 0.461 e. The number of hydrogen-bond donors (Lipinski definition) is 1. The molecule has 0 heterocycles. The molecule has 0 aromatic heterocycles. The summed E-state index contributed by atoms with van der Waals surface area (Å²) in [4.78, 5) is 14.6. The molecule has 0 atom stereocenters. The van der Waals surface area contributed by atoms with Gasteiger partial charge in [-0.2, -0.15) is 0 Å². The van der Waals surface area contributed by atoms with Gasteiger partial charge in [-0.05, 0) is 37.4 Å². The Morgan fingerprint density at radius 1 is 1.00 bits per heavy atom. The van der Waals surface area contributed by atoms with E-state index in [4.69, 9.17) is 4.74 Å². The maximum atomic E-state index is 12.3. The number of ether oxygens (including phenoxy) is 1. The number of benzene rings is 2. The molecule has 0 aliphatic rings. The third kappa shape index (κ3) is 5.11. The first-order chi connectivity index (χ1) is 11.2. The molecule has 0 bridgehead atoms. The van der Waals surface area contributed by atoms with E-state index in [2.05, 4.69) is 24.1 Å². The molecule has 0 spiro atoms. The van der Waals surface area contributed by atoms with Gasteiger partial charge in [-0.15, -0.1) is 0 Å². The molecule has 0 fully saturated rings. The van der Waals surface area contributed by atoms with Crippen molar-refractivity contribution in [3.05, 3.63) is 60.2 Å². The number of carbonyl (C=O) groups excluding carboxylic acids is 1. The van der Waals surface area contributed by atoms with Crippen LogP contribution in [-0.2, 0) is 4.74 Å². The van der Waals surface area contributed by atoms with Crippen molar-refractivity contribution in [3.8, 4) is 0 Å². The van der Waals surface area contributed by atoms with E-state index in [0.717, 1.165) is 31.0 Å². The zero-order valence-electron chi connectivity index (χ0n) is 13.8. The smallest absolute Gasteiger partial charge is 0.340 e. The lowest BCUT2D eigenvalue weighted by Crippen LogP contribution is -2.28. The van der Waals surface area contributed by atoms with E-state index in [1.54, 1.807) is 6.07 Å². The summed E-state index contributed by atoms with van der Waals surface area (Å²) < 4.78 is 5.42. The Balaban J connectivity index is 2.00. The first-order valence-corrected chi connectivity index (χ1v) is 8.05. The molecule has 0 unspecified atom stereocenters. The van der Waals surface area contributed by atoms with E-state index in [0.29, 0.717) is 12.2 Å². The van der Waals surface area contributed by atoms with Crippen molar-refractivity contribution in [1.29, 1.82) is 0 Å². The standard InChI is InChI=1S/C19H24N2O2/c1-3-21(4-2)14-15-23-19(22)17-12-8-9-13-18(17)20-16-10-6-5-7-11-16/h5-13,20H,3-4,14-15H2,1-2H3. The molecule has 0 saturated heterocycles. The number of para-hydroxylation sites is 2. The van der Waals surface area contributed by atoms with Gasteiger partial charge < -0.3 is 15.0 Å². The minimum Gasteiger partial charge on any atom is -0.461 e. The summed E-state index contributed by atoms with van der Waals surface area (Å²) in [6.45, 7) is 7.28. The van der Waals surface area contributed by atoms with Gasteiger partial charge in [0.05, 0.1) is 11.3 Å². The summed E-state index contributed by atoms with van der Waals surface area (Å²) in [5.74, 6) is -0.295. The Morgan fingerprint density at radius 3 is 2.35 bits per heavy atom. The van der Waals surface area contributed by atoms with Crippen molar-refractivity contribution in [2.24, 2.45) is 0 Å². The molecular formula is C19H24N2O2. The number of rotatable bonds is 8. The molecule has 0 saturated carbocycles. The van der Waals surface area contributed by atoms with Gasteiger partial charge in [-0.3, -0.25) is 0 Å². The Morgan fingerprint density at radius 2 is 1.65 bits per heavy atom. The second-order valence-electron chi connectivity index (χ2n) is 5.20. The Hall–Kier alpha value is -2.33. The highest BCUT2D eigenvalue weighted by molar-refractivity contribution is 5.96. The van der Waals surface area contributed by atoms with Gasteiger partial charge in [0, 0.05) is 12.2 Å². The zero-order chi connectivity index (χ0) is 16.5. The van der Waals surface area contributed by atoms with Crippen LogP contribution in [0.4, 0.5) is 11.4 Å². The first kappa shape index (κ1) is 17.0. The summed E-state index contributed by atoms with van der Waals surface area (Å²) in [7, 11) is 0. The summed E-state index contributed by atoms with van der Waals surface area (Å²) in [6, 6.07) is 17.2. The summed E-state index contributed by atoms with van der Waals surface area (Å²) in [6.07, 6.45) is 0. The van der Waals surface area contributed by atoms with E-state index < -0.39 is 0 Å².